The van der Waals surface area contributed by atoms with E-state index in [1.54, 1.807) is 16.9 Å². The first-order valence-electron chi connectivity index (χ1n) is 9.50. The Kier molecular flexibility index (Phi) is 5.97. The summed E-state index contributed by atoms with van der Waals surface area (Å²) >= 11 is 7.50. The highest BCUT2D eigenvalue weighted by molar-refractivity contribution is 7.12. The second-order valence-corrected chi connectivity index (χ2v) is 8.42. The summed E-state index contributed by atoms with van der Waals surface area (Å²) in [6.07, 6.45) is 2.99. The largest absolute Gasteiger partial charge is 0.338 e. The molecule has 1 N–H and O–H groups in total. The van der Waals surface area contributed by atoms with E-state index in [4.69, 9.17) is 11.6 Å². The molecule has 0 bridgehead atoms. The summed E-state index contributed by atoms with van der Waals surface area (Å²) in [5, 5.41) is 9.88. The van der Waals surface area contributed by atoms with Crippen LogP contribution in [-0.4, -0.2) is 39.6 Å². The van der Waals surface area contributed by atoms with Crippen LogP contribution in [0.3, 0.4) is 0 Å². The fourth-order valence-corrected chi connectivity index (χ4v) is 4.41. The zero-order chi connectivity index (χ0) is 20.2. The summed E-state index contributed by atoms with van der Waals surface area (Å²) in [6, 6.07) is 13.1. The molecule has 8 heteroatoms. The Morgan fingerprint density at radius 3 is 2.72 bits per heavy atom. The van der Waals surface area contributed by atoms with Crippen LogP contribution in [0.2, 0.25) is 5.02 Å². The summed E-state index contributed by atoms with van der Waals surface area (Å²) in [5.41, 5.74) is 1.01. The minimum atomic E-state index is -0.114. The van der Waals surface area contributed by atoms with Crippen molar-refractivity contribution in [1.29, 1.82) is 0 Å². The van der Waals surface area contributed by atoms with Crippen molar-refractivity contribution in [2.75, 3.05) is 18.4 Å². The first kappa shape index (κ1) is 19.7. The molecule has 0 unspecified atom stereocenters. The molecule has 0 saturated carbocycles. The molecule has 6 nitrogen and oxygen atoms in total. The van der Waals surface area contributed by atoms with Gasteiger partial charge in [0, 0.05) is 30.1 Å². The molecule has 0 atom stereocenters. The molecule has 3 aromatic rings. The number of carbonyl (C=O) groups excluding carboxylic acids is 2. The van der Waals surface area contributed by atoms with Gasteiger partial charge in [0.25, 0.3) is 5.91 Å². The van der Waals surface area contributed by atoms with E-state index in [1.165, 1.54) is 11.3 Å². The van der Waals surface area contributed by atoms with E-state index in [0.29, 0.717) is 43.3 Å². The van der Waals surface area contributed by atoms with Crippen molar-refractivity contribution in [2.24, 2.45) is 5.92 Å². The van der Waals surface area contributed by atoms with E-state index in [9.17, 15) is 9.59 Å². The van der Waals surface area contributed by atoms with Gasteiger partial charge in [0.2, 0.25) is 5.91 Å². The van der Waals surface area contributed by atoms with Gasteiger partial charge in [-0.3, -0.25) is 9.59 Å². The number of carbonyl (C=O) groups is 2. The van der Waals surface area contributed by atoms with E-state index < -0.39 is 0 Å². The van der Waals surface area contributed by atoms with E-state index in [2.05, 4.69) is 10.4 Å². The molecule has 2 aromatic heterocycles. The predicted molar refractivity (Wildman–Crippen MR) is 114 cm³/mol. The van der Waals surface area contributed by atoms with Crippen LogP contribution in [0, 0.1) is 5.92 Å². The summed E-state index contributed by atoms with van der Waals surface area (Å²) in [7, 11) is 0. The number of nitrogens with zero attached hydrogens (tertiary/aromatic N) is 3. The maximum Gasteiger partial charge on any atom is 0.263 e. The number of piperidine rings is 1. The Morgan fingerprint density at radius 2 is 2.00 bits per heavy atom. The first-order chi connectivity index (χ1) is 14.1. The van der Waals surface area contributed by atoms with Gasteiger partial charge in [-0.1, -0.05) is 29.8 Å². The van der Waals surface area contributed by atoms with Gasteiger partial charge in [0.1, 0.15) is 5.82 Å². The van der Waals surface area contributed by atoms with Gasteiger partial charge in [-0.05, 0) is 42.0 Å². The maximum absolute atomic E-state index is 12.8. The average molecular weight is 429 g/mol. The number of amides is 2. The number of rotatable bonds is 5. The lowest BCUT2D eigenvalue weighted by molar-refractivity contribution is -0.121. The number of hydrogen-bond acceptors (Lipinski definition) is 4. The van der Waals surface area contributed by atoms with Crippen molar-refractivity contribution in [1.82, 2.24) is 14.7 Å². The fourth-order valence-electron chi connectivity index (χ4n) is 3.50. The summed E-state index contributed by atoms with van der Waals surface area (Å²) < 4.78 is 1.75. The van der Waals surface area contributed by atoms with Crippen LogP contribution in [0.5, 0.6) is 0 Å². The molecule has 4 rings (SSSR count). The number of nitrogens with one attached hydrogen (secondary N) is 1. The Bertz CT molecular complexity index is 994. The number of hydrogen-bond donors (Lipinski definition) is 1. The Hall–Kier alpha value is -2.64. The second-order valence-electron chi connectivity index (χ2n) is 7.04. The van der Waals surface area contributed by atoms with E-state index in [-0.39, 0.29) is 17.7 Å². The van der Waals surface area contributed by atoms with E-state index in [1.807, 2.05) is 46.7 Å². The molecule has 0 aliphatic carbocycles. The Morgan fingerprint density at radius 1 is 1.17 bits per heavy atom. The summed E-state index contributed by atoms with van der Waals surface area (Å²) in [5.74, 6) is 0.573. The Balaban J connectivity index is 1.34. The monoisotopic (exact) mass is 428 g/mol. The lowest BCUT2D eigenvalue weighted by Gasteiger charge is -2.31. The molecule has 1 aromatic carbocycles. The summed E-state index contributed by atoms with van der Waals surface area (Å²) in [4.78, 5) is 27.8. The molecular weight excluding hydrogens is 408 g/mol. The average Bonchev–Trinajstić information content (AvgIpc) is 3.40. The van der Waals surface area contributed by atoms with Crippen molar-refractivity contribution in [3.63, 3.8) is 0 Å². The second kappa shape index (κ2) is 8.80. The molecular formula is C21H21ClN4O2S. The Labute approximate surface area is 178 Å². The highest BCUT2D eigenvalue weighted by Crippen LogP contribution is 2.22. The van der Waals surface area contributed by atoms with Crippen molar-refractivity contribution < 1.29 is 9.59 Å². The minimum Gasteiger partial charge on any atom is -0.338 e. The van der Waals surface area contributed by atoms with E-state index in [0.717, 1.165) is 10.4 Å². The summed E-state index contributed by atoms with van der Waals surface area (Å²) in [6.45, 7) is 1.71. The zero-order valence-electron chi connectivity index (χ0n) is 15.8. The highest BCUT2D eigenvalue weighted by Gasteiger charge is 2.28. The van der Waals surface area contributed by atoms with Crippen LogP contribution in [0.15, 0.2) is 54.0 Å². The molecule has 29 heavy (non-hydrogen) atoms. The molecule has 1 aliphatic rings. The number of halogens is 1. The van der Waals surface area contributed by atoms with Crippen molar-refractivity contribution in [3.05, 3.63) is 69.5 Å². The van der Waals surface area contributed by atoms with Gasteiger partial charge in [-0.15, -0.1) is 11.3 Å². The molecule has 0 spiro atoms. The third kappa shape index (κ3) is 4.68. The molecule has 3 heterocycles. The SMILES string of the molecule is O=C(Nc1ccnn1Cc1cccc(Cl)c1)C1CCN(C(=O)c2cccs2)CC1. The smallest absolute Gasteiger partial charge is 0.263 e. The number of thiophene rings is 1. The number of aromatic nitrogens is 2. The number of likely N-dealkylation sites (tertiary alicyclic amines) is 1. The lowest BCUT2D eigenvalue weighted by atomic mass is 9.96. The zero-order valence-corrected chi connectivity index (χ0v) is 17.3. The maximum atomic E-state index is 12.8. The van der Waals surface area contributed by atoms with Gasteiger partial charge < -0.3 is 10.2 Å². The molecule has 0 radical (unpaired) electrons. The van der Waals surface area contributed by atoms with Gasteiger partial charge in [-0.2, -0.15) is 5.10 Å². The number of anilines is 1. The third-order valence-electron chi connectivity index (χ3n) is 5.07. The first-order valence-corrected chi connectivity index (χ1v) is 10.8. The van der Waals surface area contributed by atoms with Crippen LogP contribution in [-0.2, 0) is 11.3 Å². The minimum absolute atomic E-state index is 0.0268. The molecule has 2 amide bonds. The lowest BCUT2D eigenvalue weighted by Crippen LogP contribution is -2.41. The van der Waals surface area contributed by atoms with Crippen LogP contribution in [0.4, 0.5) is 5.82 Å². The number of benzene rings is 1. The van der Waals surface area contributed by atoms with E-state index >= 15 is 0 Å². The molecule has 1 fully saturated rings. The van der Waals surface area contributed by atoms with Gasteiger partial charge in [0.15, 0.2) is 0 Å². The van der Waals surface area contributed by atoms with Crippen LogP contribution < -0.4 is 5.32 Å². The molecule has 1 aliphatic heterocycles. The van der Waals surface area contributed by atoms with Crippen molar-refractivity contribution in [3.8, 4) is 0 Å². The third-order valence-corrected chi connectivity index (χ3v) is 6.17. The normalized spacial score (nSPS) is 14.7. The molecule has 1 saturated heterocycles. The van der Waals surface area contributed by atoms with Gasteiger partial charge in [0.05, 0.1) is 17.6 Å². The van der Waals surface area contributed by atoms with Crippen LogP contribution in [0.1, 0.15) is 28.1 Å². The standard InChI is InChI=1S/C21H21ClN4O2S/c22-17-4-1-3-15(13-17)14-26-19(6-9-23-26)24-20(27)16-7-10-25(11-8-16)21(28)18-5-2-12-29-18/h1-6,9,12-13,16H,7-8,10-11,14H2,(H,24,27). The quantitative estimate of drug-likeness (QED) is 0.664. The van der Waals surface area contributed by atoms with Crippen molar-refractivity contribution >= 4 is 40.6 Å². The predicted octanol–water partition coefficient (Wildman–Crippen LogP) is 4.14. The van der Waals surface area contributed by atoms with Gasteiger partial charge in [-0.25, -0.2) is 4.68 Å². The fraction of sp³-hybridized carbons (Fsp3) is 0.286. The molecule has 150 valence electrons. The van der Waals surface area contributed by atoms with Crippen molar-refractivity contribution in [2.45, 2.75) is 19.4 Å². The topological polar surface area (TPSA) is 67.2 Å². The van der Waals surface area contributed by atoms with Crippen LogP contribution >= 0.6 is 22.9 Å². The highest BCUT2D eigenvalue weighted by atomic mass is 35.5. The van der Waals surface area contributed by atoms with Gasteiger partial charge >= 0.3 is 0 Å². The van der Waals surface area contributed by atoms with Crippen LogP contribution in [0.25, 0.3) is 0 Å².